The number of imidazole rings is 1. The monoisotopic (exact) mass is 323 g/mol. The first-order valence-electron chi connectivity index (χ1n) is 6.75. The fourth-order valence-corrected chi connectivity index (χ4v) is 3.49. The molecule has 3 aromatic rings. The molecule has 0 bridgehead atoms. The Hall–Kier alpha value is -1.46. The molecule has 3 rings (SSSR count). The number of aryl methyl sites for hydroxylation is 2. The lowest BCUT2D eigenvalue weighted by atomic mass is 10.2. The predicted octanol–water partition coefficient (Wildman–Crippen LogP) is 4.33. The Kier molecular flexibility index (Phi) is 3.95. The van der Waals surface area contributed by atoms with E-state index in [1.54, 1.807) is 17.4 Å². The smallest absolute Gasteiger partial charge is 0.151 e. The maximum absolute atomic E-state index is 14.0. The highest BCUT2D eigenvalue weighted by Gasteiger charge is 2.20. The molecule has 0 saturated heterocycles. The van der Waals surface area contributed by atoms with Crippen molar-refractivity contribution in [2.45, 2.75) is 26.3 Å². The third-order valence-electron chi connectivity index (χ3n) is 3.45. The molecule has 0 saturated carbocycles. The molecular formula is C15H15ClFN3S. The van der Waals surface area contributed by atoms with Gasteiger partial charge in [-0.15, -0.1) is 22.9 Å². The molecule has 2 heterocycles. The van der Waals surface area contributed by atoms with Crippen LogP contribution in [-0.4, -0.2) is 20.4 Å². The standard InChI is InChI=1S/C15H15ClFN3S/c1-9-8-18-15(21-9)10(2)20-12-5-3-4-11(17)14(12)19-13(20)6-7-16/h3-5,8,10H,6-7H2,1-2H3. The highest BCUT2D eigenvalue weighted by Crippen LogP contribution is 2.29. The second kappa shape index (κ2) is 5.73. The van der Waals surface area contributed by atoms with Crippen molar-refractivity contribution in [2.24, 2.45) is 0 Å². The predicted molar refractivity (Wildman–Crippen MR) is 84.8 cm³/mol. The van der Waals surface area contributed by atoms with Gasteiger partial charge in [-0.1, -0.05) is 6.07 Å². The number of aromatic nitrogens is 3. The summed E-state index contributed by atoms with van der Waals surface area (Å²) in [6, 6.07) is 5.04. The average molecular weight is 324 g/mol. The summed E-state index contributed by atoms with van der Waals surface area (Å²) in [7, 11) is 0. The molecule has 3 nitrogen and oxygen atoms in total. The van der Waals surface area contributed by atoms with Gasteiger partial charge in [0.1, 0.15) is 16.3 Å². The van der Waals surface area contributed by atoms with Crippen molar-refractivity contribution in [1.82, 2.24) is 14.5 Å². The maximum Gasteiger partial charge on any atom is 0.151 e. The van der Waals surface area contributed by atoms with Crippen molar-refractivity contribution in [2.75, 3.05) is 5.88 Å². The Morgan fingerprint density at radius 2 is 2.24 bits per heavy atom. The zero-order valence-electron chi connectivity index (χ0n) is 11.8. The second-order valence-corrected chi connectivity index (χ2v) is 6.57. The minimum Gasteiger partial charge on any atom is -0.318 e. The molecule has 1 unspecified atom stereocenters. The molecule has 0 fully saturated rings. The SMILES string of the molecule is Cc1cnc(C(C)n2c(CCCl)nc3c(F)cccc32)s1. The Morgan fingerprint density at radius 3 is 2.90 bits per heavy atom. The van der Waals surface area contributed by atoms with Gasteiger partial charge in [-0.25, -0.2) is 14.4 Å². The summed E-state index contributed by atoms with van der Waals surface area (Å²) in [6.07, 6.45) is 2.46. The summed E-state index contributed by atoms with van der Waals surface area (Å²) >= 11 is 7.52. The first kappa shape index (κ1) is 14.5. The number of fused-ring (bicyclic) bond motifs is 1. The fraction of sp³-hybridized carbons (Fsp3) is 0.333. The lowest BCUT2D eigenvalue weighted by Gasteiger charge is -2.15. The van der Waals surface area contributed by atoms with Crippen LogP contribution in [0.3, 0.4) is 0 Å². The van der Waals surface area contributed by atoms with E-state index in [4.69, 9.17) is 11.6 Å². The fourth-order valence-electron chi connectivity index (χ4n) is 2.50. The zero-order valence-corrected chi connectivity index (χ0v) is 13.4. The van der Waals surface area contributed by atoms with Crippen molar-refractivity contribution in [3.8, 4) is 0 Å². The van der Waals surface area contributed by atoms with Gasteiger partial charge in [0.05, 0.1) is 11.6 Å². The van der Waals surface area contributed by atoms with Gasteiger partial charge in [-0.05, 0) is 26.0 Å². The Morgan fingerprint density at radius 1 is 1.43 bits per heavy atom. The average Bonchev–Trinajstić information content (AvgIpc) is 3.03. The summed E-state index contributed by atoms with van der Waals surface area (Å²) in [5.74, 6) is 0.948. The van der Waals surface area contributed by atoms with Crippen LogP contribution in [0.1, 0.15) is 28.7 Å². The van der Waals surface area contributed by atoms with Gasteiger partial charge in [0.15, 0.2) is 5.82 Å². The van der Waals surface area contributed by atoms with Gasteiger partial charge < -0.3 is 4.57 Å². The molecule has 110 valence electrons. The third kappa shape index (κ3) is 2.56. The van der Waals surface area contributed by atoms with Gasteiger partial charge in [0.2, 0.25) is 0 Å². The van der Waals surface area contributed by atoms with Crippen LogP contribution in [0.15, 0.2) is 24.4 Å². The van der Waals surface area contributed by atoms with E-state index in [-0.39, 0.29) is 11.9 Å². The van der Waals surface area contributed by atoms with Crippen LogP contribution in [0.5, 0.6) is 0 Å². The number of alkyl halides is 1. The third-order valence-corrected chi connectivity index (χ3v) is 4.72. The zero-order chi connectivity index (χ0) is 15.0. The van der Waals surface area contributed by atoms with Crippen LogP contribution < -0.4 is 0 Å². The van der Waals surface area contributed by atoms with Gasteiger partial charge >= 0.3 is 0 Å². The number of hydrogen-bond acceptors (Lipinski definition) is 3. The van der Waals surface area contributed by atoms with E-state index in [9.17, 15) is 4.39 Å². The number of halogens is 2. The van der Waals surface area contributed by atoms with E-state index < -0.39 is 0 Å². The van der Waals surface area contributed by atoms with E-state index in [1.807, 2.05) is 23.8 Å². The van der Waals surface area contributed by atoms with Crippen LogP contribution in [-0.2, 0) is 6.42 Å². The van der Waals surface area contributed by atoms with Crippen LogP contribution in [0.25, 0.3) is 11.0 Å². The Bertz CT molecular complexity index is 780. The van der Waals surface area contributed by atoms with Crippen molar-refractivity contribution in [3.63, 3.8) is 0 Å². The molecule has 0 aliphatic heterocycles. The summed E-state index contributed by atoms with van der Waals surface area (Å²) in [4.78, 5) is 10.0. The molecule has 1 aromatic carbocycles. The van der Waals surface area contributed by atoms with Gasteiger partial charge in [0.25, 0.3) is 0 Å². The molecule has 0 N–H and O–H groups in total. The van der Waals surface area contributed by atoms with Crippen LogP contribution in [0, 0.1) is 12.7 Å². The number of thiazole rings is 1. The summed E-state index contributed by atoms with van der Waals surface area (Å²) < 4.78 is 16.0. The van der Waals surface area contributed by atoms with E-state index >= 15 is 0 Å². The molecule has 21 heavy (non-hydrogen) atoms. The van der Waals surface area contributed by atoms with Gasteiger partial charge in [-0.3, -0.25) is 0 Å². The Balaban J connectivity index is 2.19. The van der Waals surface area contributed by atoms with E-state index in [2.05, 4.69) is 16.9 Å². The van der Waals surface area contributed by atoms with Crippen LogP contribution >= 0.6 is 22.9 Å². The number of nitrogens with zero attached hydrogens (tertiary/aromatic N) is 3. The van der Waals surface area contributed by atoms with Gasteiger partial charge in [-0.2, -0.15) is 0 Å². The maximum atomic E-state index is 14.0. The number of benzene rings is 1. The summed E-state index contributed by atoms with van der Waals surface area (Å²) in [5, 5.41) is 0.992. The van der Waals surface area contributed by atoms with Gasteiger partial charge in [0, 0.05) is 23.4 Å². The lowest BCUT2D eigenvalue weighted by molar-refractivity contribution is 0.620. The summed E-state index contributed by atoms with van der Waals surface area (Å²) in [5.41, 5.74) is 1.19. The summed E-state index contributed by atoms with van der Waals surface area (Å²) in [6.45, 7) is 4.08. The molecule has 6 heteroatoms. The van der Waals surface area contributed by atoms with Crippen molar-refractivity contribution in [3.05, 3.63) is 45.9 Å². The topological polar surface area (TPSA) is 30.7 Å². The highest BCUT2D eigenvalue weighted by atomic mass is 35.5. The molecule has 0 radical (unpaired) electrons. The van der Waals surface area contributed by atoms with Crippen molar-refractivity contribution in [1.29, 1.82) is 0 Å². The molecule has 0 aliphatic carbocycles. The van der Waals surface area contributed by atoms with Crippen molar-refractivity contribution < 1.29 is 4.39 Å². The molecular weight excluding hydrogens is 309 g/mol. The molecule has 1 atom stereocenters. The number of hydrogen-bond donors (Lipinski definition) is 0. The first-order valence-corrected chi connectivity index (χ1v) is 8.10. The minimum atomic E-state index is -0.301. The van der Waals surface area contributed by atoms with Crippen LogP contribution in [0.2, 0.25) is 0 Å². The van der Waals surface area contributed by atoms with E-state index in [1.165, 1.54) is 6.07 Å². The van der Waals surface area contributed by atoms with Crippen LogP contribution in [0.4, 0.5) is 4.39 Å². The molecule has 0 aliphatic rings. The second-order valence-electron chi connectivity index (χ2n) is 4.93. The number of para-hydroxylation sites is 1. The largest absolute Gasteiger partial charge is 0.318 e. The molecule has 0 spiro atoms. The quantitative estimate of drug-likeness (QED) is 0.669. The van der Waals surface area contributed by atoms with Crippen molar-refractivity contribution >= 4 is 34.0 Å². The molecule has 2 aromatic heterocycles. The lowest BCUT2D eigenvalue weighted by Crippen LogP contribution is -2.11. The van der Waals surface area contributed by atoms with E-state index in [0.29, 0.717) is 17.8 Å². The highest BCUT2D eigenvalue weighted by molar-refractivity contribution is 7.11. The minimum absolute atomic E-state index is 0.00807. The molecule has 0 amide bonds. The van der Waals surface area contributed by atoms with E-state index in [0.717, 1.165) is 21.2 Å². The first-order chi connectivity index (χ1) is 10.1. The Labute approximate surface area is 131 Å². The normalized spacial score (nSPS) is 13.0. The number of rotatable bonds is 4.